The molecule has 1 fully saturated rings. The van der Waals surface area contributed by atoms with Gasteiger partial charge in [-0.1, -0.05) is 23.8 Å². The summed E-state index contributed by atoms with van der Waals surface area (Å²) in [5.41, 5.74) is 6.89. The molecule has 0 aliphatic carbocycles. The first-order valence-corrected chi connectivity index (χ1v) is 8.74. The summed E-state index contributed by atoms with van der Waals surface area (Å²) in [6.45, 7) is 8.91. The van der Waals surface area contributed by atoms with Crippen molar-refractivity contribution in [1.82, 2.24) is 4.90 Å². The van der Waals surface area contributed by atoms with Gasteiger partial charge in [0, 0.05) is 30.9 Å². The number of aryl methyl sites for hydroxylation is 3. The number of nitrogens with zero attached hydrogens (tertiary/aromatic N) is 1. The normalized spacial score (nSPS) is 14.0. The van der Waals surface area contributed by atoms with E-state index in [0.717, 1.165) is 49.3 Å². The van der Waals surface area contributed by atoms with Crippen LogP contribution in [0.25, 0.3) is 0 Å². The van der Waals surface area contributed by atoms with Gasteiger partial charge in [-0.25, -0.2) is 0 Å². The lowest BCUT2D eigenvalue weighted by Crippen LogP contribution is -2.27. The predicted octanol–water partition coefficient (Wildman–Crippen LogP) is 4.46. The van der Waals surface area contributed by atoms with E-state index in [2.05, 4.69) is 44.3 Å². The highest BCUT2D eigenvalue weighted by Gasteiger charge is 2.19. The predicted molar refractivity (Wildman–Crippen MR) is 99.6 cm³/mol. The average molecular weight is 322 g/mol. The molecule has 3 nitrogen and oxygen atoms in total. The van der Waals surface area contributed by atoms with E-state index in [1.54, 1.807) is 0 Å². The molecular formula is C21H26N2O. The summed E-state index contributed by atoms with van der Waals surface area (Å²) in [6, 6.07) is 12.5. The number of likely N-dealkylation sites (tertiary alicyclic amines) is 1. The fraction of sp³-hybridized carbons (Fsp3) is 0.381. The van der Waals surface area contributed by atoms with E-state index in [1.165, 1.54) is 16.7 Å². The van der Waals surface area contributed by atoms with Gasteiger partial charge in [0.2, 0.25) is 0 Å². The van der Waals surface area contributed by atoms with Crippen LogP contribution in [0.1, 0.15) is 45.5 Å². The number of rotatable bonds is 4. The maximum atomic E-state index is 12.5. The molecule has 0 unspecified atom stereocenters. The van der Waals surface area contributed by atoms with E-state index < -0.39 is 0 Å². The number of hydrogen-bond donors (Lipinski definition) is 1. The lowest BCUT2D eigenvalue weighted by molar-refractivity contribution is 0.0793. The van der Waals surface area contributed by atoms with Gasteiger partial charge in [-0.2, -0.15) is 0 Å². The fourth-order valence-electron chi connectivity index (χ4n) is 3.28. The Labute approximate surface area is 144 Å². The van der Waals surface area contributed by atoms with Crippen LogP contribution >= 0.6 is 0 Å². The molecule has 0 atom stereocenters. The van der Waals surface area contributed by atoms with Crippen LogP contribution in [0.2, 0.25) is 0 Å². The third-order valence-electron chi connectivity index (χ3n) is 4.84. The zero-order chi connectivity index (χ0) is 17.1. The minimum Gasteiger partial charge on any atom is -0.381 e. The smallest absolute Gasteiger partial charge is 0.253 e. The van der Waals surface area contributed by atoms with Crippen LogP contribution in [0, 0.1) is 20.8 Å². The van der Waals surface area contributed by atoms with Crippen molar-refractivity contribution >= 4 is 11.6 Å². The van der Waals surface area contributed by atoms with Crippen LogP contribution < -0.4 is 5.32 Å². The lowest BCUT2D eigenvalue weighted by atomic mass is 10.0. The third kappa shape index (κ3) is 3.61. The molecule has 0 bridgehead atoms. The van der Waals surface area contributed by atoms with Gasteiger partial charge >= 0.3 is 0 Å². The quantitative estimate of drug-likeness (QED) is 0.901. The number of carbonyl (C=O) groups is 1. The Morgan fingerprint density at radius 3 is 2.46 bits per heavy atom. The number of benzene rings is 2. The van der Waals surface area contributed by atoms with Crippen LogP contribution in [-0.4, -0.2) is 23.9 Å². The summed E-state index contributed by atoms with van der Waals surface area (Å²) < 4.78 is 0. The maximum absolute atomic E-state index is 12.5. The molecule has 1 aliphatic heterocycles. The van der Waals surface area contributed by atoms with Gasteiger partial charge in [-0.15, -0.1) is 0 Å². The van der Waals surface area contributed by atoms with Gasteiger partial charge in [0.15, 0.2) is 0 Å². The van der Waals surface area contributed by atoms with E-state index in [1.807, 2.05) is 23.1 Å². The number of nitrogens with one attached hydrogen (secondary N) is 1. The molecule has 1 aliphatic rings. The second-order valence-electron chi connectivity index (χ2n) is 6.81. The largest absolute Gasteiger partial charge is 0.381 e. The molecule has 1 N–H and O–H groups in total. The third-order valence-corrected chi connectivity index (χ3v) is 4.84. The molecule has 0 aromatic heterocycles. The molecule has 24 heavy (non-hydrogen) atoms. The Hall–Kier alpha value is -2.29. The minimum absolute atomic E-state index is 0.164. The first-order valence-electron chi connectivity index (χ1n) is 8.74. The molecule has 0 spiro atoms. The van der Waals surface area contributed by atoms with E-state index >= 15 is 0 Å². The van der Waals surface area contributed by atoms with Crippen molar-refractivity contribution in [2.45, 2.75) is 40.2 Å². The molecule has 3 heteroatoms. The molecule has 1 amide bonds. The highest BCUT2D eigenvalue weighted by molar-refractivity contribution is 5.95. The Morgan fingerprint density at radius 2 is 1.75 bits per heavy atom. The summed E-state index contributed by atoms with van der Waals surface area (Å²) in [5, 5.41) is 3.51. The molecular weight excluding hydrogens is 296 g/mol. The van der Waals surface area contributed by atoms with Crippen LogP contribution in [0.5, 0.6) is 0 Å². The summed E-state index contributed by atoms with van der Waals surface area (Å²) in [5.74, 6) is 0.164. The molecule has 0 saturated carbocycles. The molecule has 2 aromatic carbocycles. The topological polar surface area (TPSA) is 32.3 Å². The van der Waals surface area contributed by atoms with Crippen molar-refractivity contribution < 1.29 is 4.79 Å². The van der Waals surface area contributed by atoms with Gasteiger partial charge < -0.3 is 10.2 Å². The van der Waals surface area contributed by atoms with Crippen molar-refractivity contribution in [3.05, 3.63) is 64.2 Å². The summed E-state index contributed by atoms with van der Waals surface area (Å²) in [7, 11) is 0. The van der Waals surface area contributed by atoms with E-state index in [-0.39, 0.29) is 5.91 Å². The van der Waals surface area contributed by atoms with Crippen LogP contribution in [0.3, 0.4) is 0 Å². The lowest BCUT2D eigenvalue weighted by Gasteiger charge is -2.17. The highest BCUT2D eigenvalue weighted by atomic mass is 16.2. The number of hydrogen-bond acceptors (Lipinski definition) is 2. The molecule has 1 heterocycles. The SMILES string of the molecule is Cc1ccc(C)c(CNc2ccc(C(=O)N3CCCC3)cc2C)c1. The summed E-state index contributed by atoms with van der Waals surface area (Å²) in [6.07, 6.45) is 2.25. The monoisotopic (exact) mass is 322 g/mol. The second-order valence-corrected chi connectivity index (χ2v) is 6.81. The fourth-order valence-corrected chi connectivity index (χ4v) is 3.28. The van der Waals surface area contributed by atoms with Crippen molar-refractivity contribution in [2.24, 2.45) is 0 Å². The molecule has 126 valence electrons. The highest BCUT2D eigenvalue weighted by Crippen LogP contribution is 2.21. The standard InChI is InChI=1S/C21H26N2O/c1-15-6-7-16(2)19(12-15)14-22-20-9-8-18(13-17(20)3)21(24)23-10-4-5-11-23/h6-9,12-13,22H,4-5,10-11,14H2,1-3H3. The van der Waals surface area contributed by atoms with Gasteiger partial charge in [-0.3, -0.25) is 4.79 Å². The van der Waals surface area contributed by atoms with E-state index in [9.17, 15) is 4.79 Å². The van der Waals surface area contributed by atoms with Crippen molar-refractivity contribution in [3.8, 4) is 0 Å². The van der Waals surface area contributed by atoms with Crippen LogP contribution in [-0.2, 0) is 6.54 Å². The van der Waals surface area contributed by atoms with Crippen molar-refractivity contribution in [3.63, 3.8) is 0 Å². The first-order chi connectivity index (χ1) is 11.5. The van der Waals surface area contributed by atoms with Crippen molar-refractivity contribution in [2.75, 3.05) is 18.4 Å². The average Bonchev–Trinajstić information content (AvgIpc) is 3.10. The van der Waals surface area contributed by atoms with Gasteiger partial charge in [-0.05, 0) is 68.5 Å². The van der Waals surface area contributed by atoms with Gasteiger partial charge in [0.25, 0.3) is 5.91 Å². The Morgan fingerprint density at radius 1 is 1.00 bits per heavy atom. The zero-order valence-corrected chi connectivity index (χ0v) is 14.9. The summed E-state index contributed by atoms with van der Waals surface area (Å²) in [4.78, 5) is 14.4. The van der Waals surface area contributed by atoms with E-state index in [4.69, 9.17) is 0 Å². The Bertz CT molecular complexity index is 745. The minimum atomic E-state index is 0.164. The molecule has 0 radical (unpaired) electrons. The second kappa shape index (κ2) is 7.08. The van der Waals surface area contributed by atoms with Crippen molar-refractivity contribution in [1.29, 1.82) is 0 Å². The molecule has 1 saturated heterocycles. The first kappa shape index (κ1) is 16.6. The molecule has 2 aromatic rings. The van der Waals surface area contributed by atoms with Gasteiger partial charge in [0.05, 0.1) is 0 Å². The number of amides is 1. The van der Waals surface area contributed by atoms with E-state index in [0.29, 0.717) is 0 Å². The molecule has 3 rings (SSSR count). The van der Waals surface area contributed by atoms with Crippen LogP contribution in [0.15, 0.2) is 36.4 Å². The zero-order valence-electron chi connectivity index (χ0n) is 14.9. The number of anilines is 1. The van der Waals surface area contributed by atoms with Crippen LogP contribution in [0.4, 0.5) is 5.69 Å². The maximum Gasteiger partial charge on any atom is 0.253 e. The van der Waals surface area contributed by atoms with Gasteiger partial charge in [0.1, 0.15) is 0 Å². The Balaban J connectivity index is 1.70. The summed E-state index contributed by atoms with van der Waals surface area (Å²) >= 11 is 0. The Kier molecular flexibility index (Phi) is 4.89. The number of carbonyl (C=O) groups excluding carboxylic acids is 1.